The summed E-state index contributed by atoms with van der Waals surface area (Å²) in [6.45, 7) is 11.7. The van der Waals surface area contributed by atoms with Crippen molar-refractivity contribution in [2.75, 3.05) is 13.7 Å². The van der Waals surface area contributed by atoms with Crippen molar-refractivity contribution in [3.63, 3.8) is 0 Å². The van der Waals surface area contributed by atoms with Crippen molar-refractivity contribution in [3.8, 4) is 17.2 Å². The molecule has 5 rings (SSSR count). The van der Waals surface area contributed by atoms with Crippen molar-refractivity contribution in [1.29, 1.82) is 0 Å². The third-order valence-electron chi connectivity index (χ3n) is 7.52. The minimum absolute atomic E-state index is 0.232. The van der Waals surface area contributed by atoms with Crippen LogP contribution in [0.2, 0.25) is 10.0 Å². The lowest BCUT2D eigenvalue weighted by molar-refractivity contribution is -0.143. The van der Waals surface area contributed by atoms with E-state index in [1.54, 1.807) is 51.1 Å². The summed E-state index contributed by atoms with van der Waals surface area (Å²) in [5, 5.41) is 1.03. The molecule has 0 aliphatic carbocycles. The number of carbonyl (C=O) groups excluding carboxylic acids is 1. The fourth-order valence-electron chi connectivity index (χ4n) is 5.49. The zero-order valence-electron chi connectivity index (χ0n) is 27.3. The second-order valence-corrected chi connectivity index (χ2v) is 13.1. The van der Waals surface area contributed by atoms with Crippen molar-refractivity contribution in [3.05, 3.63) is 131 Å². The summed E-state index contributed by atoms with van der Waals surface area (Å²) in [7, 11) is 1.53. The van der Waals surface area contributed by atoms with Gasteiger partial charge in [0.1, 0.15) is 18.4 Å². The zero-order chi connectivity index (χ0) is 34.5. The number of aromatic nitrogens is 1. The molecule has 250 valence electrons. The van der Waals surface area contributed by atoms with Gasteiger partial charge < -0.3 is 18.9 Å². The minimum atomic E-state index is -0.890. The van der Waals surface area contributed by atoms with Gasteiger partial charge in [-0.1, -0.05) is 58.8 Å². The van der Waals surface area contributed by atoms with Crippen molar-refractivity contribution >= 4 is 46.6 Å². The molecule has 1 aliphatic rings. The Hall–Kier alpha value is -4.31. The van der Waals surface area contributed by atoms with E-state index >= 15 is 0 Å². The quantitative estimate of drug-likeness (QED) is 0.114. The number of esters is 1. The van der Waals surface area contributed by atoms with Crippen LogP contribution in [0, 0.1) is 0 Å². The van der Waals surface area contributed by atoms with Gasteiger partial charge in [-0.25, -0.2) is 9.79 Å². The Bertz CT molecular complexity index is 2080. The maximum atomic E-state index is 14.3. The summed E-state index contributed by atoms with van der Waals surface area (Å²) in [6.07, 6.45) is 3.68. The first-order valence-corrected chi connectivity index (χ1v) is 17.0. The molecule has 0 amide bonds. The average molecular weight is 708 g/mol. The molecule has 11 heteroatoms. The molecule has 4 aromatic rings. The molecule has 0 fully saturated rings. The van der Waals surface area contributed by atoms with Gasteiger partial charge in [-0.2, -0.15) is 0 Å². The highest BCUT2D eigenvalue weighted by Crippen LogP contribution is 2.38. The molecule has 3 aromatic carbocycles. The lowest BCUT2D eigenvalue weighted by Gasteiger charge is -2.26. The summed E-state index contributed by atoms with van der Waals surface area (Å²) >= 11 is 14.0. The van der Waals surface area contributed by atoms with E-state index in [1.165, 1.54) is 23.0 Å². The highest BCUT2D eigenvalue weighted by Gasteiger charge is 2.35. The number of halogens is 2. The van der Waals surface area contributed by atoms with E-state index in [4.69, 9.17) is 47.1 Å². The Labute approximate surface area is 293 Å². The lowest BCUT2D eigenvalue weighted by Crippen LogP contribution is -2.40. The third kappa shape index (κ3) is 7.38. The van der Waals surface area contributed by atoms with Crippen LogP contribution in [-0.4, -0.2) is 30.4 Å². The number of ether oxygens (including phenoxy) is 4. The number of methoxy groups -OCH3 is 1. The topological polar surface area (TPSA) is 88.4 Å². The zero-order valence-corrected chi connectivity index (χ0v) is 29.7. The molecule has 8 nitrogen and oxygen atoms in total. The number of nitrogens with zero attached hydrogens (tertiary/aromatic N) is 2. The molecular formula is C37H36Cl2N2O6S. The Morgan fingerprint density at radius 3 is 2.54 bits per heavy atom. The van der Waals surface area contributed by atoms with Gasteiger partial charge in [0, 0.05) is 26.7 Å². The van der Waals surface area contributed by atoms with Crippen LogP contribution in [-0.2, 0) is 22.6 Å². The van der Waals surface area contributed by atoms with Crippen molar-refractivity contribution in [1.82, 2.24) is 4.57 Å². The Morgan fingerprint density at radius 1 is 1.08 bits per heavy atom. The number of benzene rings is 3. The lowest BCUT2D eigenvalue weighted by atomic mass is 9.95. The summed E-state index contributed by atoms with van der Waals surface area (Å²) in [5.74, 6) is 0.994. The molecule has 0 N–H and O–H groups in total. The number of carbonyl (C=O) groups is 1. The monoisotopic (exact) mass is 706 g/mol. The second kappa shape index (κ2) is 15.3. The molecule has 0 spiro atoms. The van der Waals surface area contributed by atoms with E-state index < -0.39 is 12.0 Å². The molecule has 2 heterocycles. The molecule has 0 unspecified atom stereocenters. The fourth-order valence-corrected chi connectivity index (χ4v) is 6.91. The Balaban J connectivity index is 1.67. The van der Waals surface area contributed by atoms with Crippen LogP contribution < -0.4 is 29.1 Å². The molecule has 0 saturated carbocycles. The van der Waals surface area contributed by atoms with Crippen LogP contribution in [0.25, 0.3) is 6.08 Å². The van der Waals surface area contributed by atoms with Crippen molar-refractivity contribution in [2.24, 2.45) is 4.99 Å². The first-order valence-electron chi connectivity index (χ1n) is 15.4. The predicted octanol–water partition coefficient (Wildman–Crippen LogP) is 7.21. The summed E-state index contributed by atoms with van der Waals surface area (Å²) in [6, 6.07) is 15.5. The van der Waals surface area contributed by atoms with E-state index in [0.29, 0.717) is 60.9 Å². The third-order valence-corrected chi connectivity index (χ3v) is 9.10. The summed E-state index contributed by atoms with van der Waals surface area (Å²) in [4.78, 5) is 33.0. The van der Waals surface area contributed by atoms with Gasteiger partial charge in [0.15, 0.2) is 16.3 Å². The molecule has 0 saturated heterocycles. The van der Waals surface area contributed by atoms with Crippen LogP contribution >= 0.6 is 34.5 Å². The van der Waals surface area contributed by atoms with E-state index in [1.807, 2.05) is 43.3 Å². The van der Waals surface area contributed by atoms with Crippen LogP contribution in [0.15, 0.2) is 88.3 Å². The number of rotatable bonds is 12. The Morgan fingerprint density at radius 2 is 1.85 bits per heavy atom. The van der Waals surface area contributed by atoms with Gasteiger partial charge in [-0.3, -0.25) is 9.36 Å². The van der Waals surface area contributed by atoms with Crippen LogP contribution in [0.1, 0.15) is 56.0 Å². The molecular weight excluding hydrogens is 671 g/mol. The van der Waals surface area contributed by atoms with Gasteiger partial charge in [-0.15, -0.1) is 6.58 Å². The van der Waals surface area contributed by atoms with E-state index in [9.17, 15) is 9.59 Å². The van der Waals surface area contributed by atoms with E-state index in [0.717, 1.165) is 16.7 Å². The molecule has 1 aliphatic heterocycles. The smallest absolute Gasteiger partial charge is 0.338 e. The first kappa shape index (κ1) is 35.0. The van der Waals surface area contributed by atoms with E-state index in [2.05, 4.69) is 6.58 Å². The maximum absolute atomic E-state index is 14.3. The van der Waals surface area contributed by atoms with Crippen molar-refractivity contribution in [2.45, 2.75) is 52.9 Å². The van der Waals surface area contributed by atoms with Gasteiger partial charge in [0.25, 0.3) is 5.56 Å². The first-order chi connectivity index (χ1) is 23.1. The Kier molecular flexibility index (Phi) is 11.1. The van der Waals surface area contributed by atoms with Gasteiger partial charge in [0.05, 0.1) is 35.6 Å². The largest absolute Gasteiger partial charge is 0.496 e. The fraction of sp³-hybridized carbons (Fsp3) is 0.270. The standard InChI is InChI=1S/C37H36Cl2N2O6S/c1-7-11-24-16-23(17-30(45-8-2)34(24)46-20-25-12-9-10-13-28(25)39)18-31-35(42)41-33(27-19-26(38)14-15-29(27)44-6)32(36(43)47-21(3)4)22(5)40-37(41)48-31/h7,9-10,12-19,21,33H,1,8,11,20H2,2-6H3/b31-18-/t33-/m1/s1. The van der Waals surface area contributed by atoms with Gasteiger partial charge >= 0.3 is 5.97 Å². The molecule has 48 heavy (non-hydrogen) atoms. The highest BCUT2D eigenvalue weighted by molar-refractivity contribution is 7.07. The molecule has 0 bridgehead atoms. The summed E-state index contributed by atoms with van der Waals surface area (Å²) < 4.78 is 25.5. The average Bonchev–Trinajstić information content (AvgIpc) is 3.34. The number of thiazole rings is 1. The summed E-state index contributed by atoms with van der Waals surface area (Å²) in [5.41, 5.74) is 3.26. The van der Waals surface area contributed by atoms with Gasteiger partial charge in [-0.05, 0) is 82.2 Å². The normalized spacial score (nSPS) is 14.4. The maximum Gasteiger partial charge on any atom is 0.338 e. The highest BCUT2D eigenvalue weighted by atomic mass is 35.5. The molecule has 1 aromatic heterocycles. The second-order valence-electron chi connectivity index (χ2n) is 11.2. The molecule has 0 radical (unpaired) electrons. The SMILES string of the molecule is C=CCc1cc(/C=c2\sc3n(c2=O)[C@H](c2cc(Cl)ccc2OC)C(C(=O)OC(C)C)=C(C)N=3)cc(OCC)c1OCc1ccccc1Cl. The van der Waals surface area contributed by atoms with Crippen LogP contribution in [0.5, 0.6) is 17.2 Å². The van der Waals surface area contributed by atoms with Gasteiger partial charge in [0.2, 0.25) is 0 Å². The van der Waals surface area contributed by atoms with Crippen LogP contribution in [0.4, 0.5) is 0 Å². The molecule has 1 atom stereocenters. The predicted molar refractivity (Wildman–Crippen MR) is 190 cm³/mol. The number of allylic oxidation sites excluding steroid dienone is 2. The number of hydrogen-bond donors (Lipinski definition) is 0. The van der Waals surface area contributed by atoms with E-state index in [-0.39, 0.29) is 23.8 Å². The number of fused-ring (bicyclic) bond motifs is 1. The van der Waals surface area contributed by atoms with Crippen molar-refractivity contribution < 1.29 is 23.7 Å². The van der Waals surface area contributed by atoms with Crippen LogP contribution in [0.3, 0.4) is 0 Å². The minimum Gasteiger partial charge on any atom is -0.496 e. The number of hydrogen-bond acceptors (Lipinski definition) is 8.